The standard InChI is InChI=1S/C71H40N8O/c72-38-42-31-32-63-52(35-42)50-20-6-12-28-62(50)78(63)64-29-13-21-53-69(64)80-70-54(22-14-30-65(70)79-61-27-11-5-19-49(61)51-33-34-73-41-66(51)79)71(53)55-36-43(76-57-23-7-1-15-45(57)46-16-2-8-24-58(46)76)39-74-67(55)68-56(71)37-44(40-75-68)77-59-25-9-3-17-47(59)48-18-4-10-26-60(48)77/h1-37,39-41H. The molecule has 0 saturated carbocycles. The molecule has 1 aliphatic heterocycles. The molecule has 8 heterocycles. The maximum absolute atomic E-state index is 10.2. The van der Waals surface area contributed by atoms with Crippen molar-refractivity contribution in [1.82, 2.24) is 33.2 Å². The Hall–Kier alpha value is -11.1. The third-order valence-electron chi connectivity index (χ3n) is 17.2. The summed E-state index contributed by atoms with van der Waals surface area (Å²) in [4.78, 5) is 16.0. The fourth-order valence-corrected chi connectivity index (χ4v) is 14.1. The number of nitriles is 1. The predicted molar refractivity (Wildman–Crippen MR) is 319 cm³/mol. The lowest BCUT2D eigenvalue weighted by atomic mass is 9.66. The molecule has 0 radical (unpaired) electrons. The summed E-state index contributed by atoms with van der Waals surface area (Å²) in [6.07, 6.45) is 7.88. The van der Waals surface area contributed by atoms with Gasteiger partial charge in [0.05, 0.1) is 114 Å². The summed E-state index contributed by atoms with van der Waals surface area (Å²) in [5, 5.41) is 19.2. The summed E-state index contributed by atoms with van der Waals surface area (Å²) in [7, 11) is 0. The predicted octanol–water partition coefficient (Wildman–Crippen LogP) is 16.6. The van der Waals surface area contributed by atoms with Crippen molar-refractivity contribution in [2.24, 2.45) is 0 Å². The van der Waals surface area contributed by atoms with Crippen LogP contribution in [0.25, 0.3) is 121 Å². The van der Waals surface area contributed by atoms with E-state index in [1.165, 1.54) is 21.5 Å². The number of hydrogen-bond acceptors (Lipinski definition) is 5. The number of aromatic nitrogens is 7. The Balaban J connectivity index is 1.02. The molecular weight excluding hydrogens is 981 g/mol. The average molecular weight is 1020 g/mol. The number of benzene rings is 9. The maximum Gasteiger partial charge on any atom is 0.156 e. The second-order valence-electron chi connectivity index (χ2n) is 21.0. The number of rotatable bonds is 4. The van der Waals surface area contributed by atoms with Crippen molar-refractivity contribution in [3.05, 3.63) is 271 Å². The lowest BCUT2D eigenvalue weighted by molar-refractivity contribution is 0.433. The zero-order valence-electron chi connectivity index (χ0n) is 42.6. The van der Waals surface area contributed by atoms with Crippen molar-refractivity contribution >= 4 is 87.2 Å². The highest BCUT2D eigenvalue weighted by Crippen LogP contribution is 2.64. The summed E-state index contributed by atoms with van der Waals surface area (Å²) < 4.78 is 17.3. The zero-order valence-corrected chi connectivity index (χ0v) is 42.6. The van der Waals surface area contributed by atoms with Gasteiger partial charge in [-0.2, -0.15) is 5.26 Å². The van der Waals surface area contributed by atoms with Gasteiger partial charge in [0.2, 0.25) is 0 Å². The molecule has 80 heavy (non-hydrogen) atoms. The van der Waals surface area contributed by atoms with Crippen molar-refractivity contribution in [3.8, 4) is 51.7 Å². The average Bonchev–Trinajstić information content (AvgIpc) is 4.48. The van der Waals surface area contributed by atoms with Crippen LogP contribution in [0.3, 0.4) is 0 Å². The largest absolute Gasteiger partial charge is 0.452 e. The first kappa shape index (κ1) is 43.1. The molecule has 0 fully saturated rings. The molecule has 0 bridgehead atoms. The van der Waals surface area contributed by atoms with E-state index in [1.54, 1.807) is 0 Å². The molecule has 1 aliphatic carbocycles. The minimum atomic E-state index is -1.09. The van der Waals surface area contributed by atoms with Crippen LogP contribution in [0, 0.1) is 11.3 Å². The van der Waals surface area contributed by atoms with E-state index >= 15 is 0 Å². The van der Waals surface area contributed by atoms with Gasteiger partial charge in [-0.15, -0.1) is 0 Å². The number of nitrogens with zero attached hydrogens (tertiary/aromatic N) is 8. The topological polar surface area (TPSA) is 91.4 Å². The van der Waals surface area contributed by atoms with E-state index in [0.717, 1.165) is 122 Å². The van der Waals surface area contributed by atoms with Crippen LogP contribution in [-0.2, 0) is 5.41 Å². The van der Waals surface area contributed by atoms with Gasteiger partial charge >= 0.3 is 0 Å². The van der Waals surface area contributed by atoms with Crippen LogP contribution in [0.5, 0.6) is 11.5 Å². The van der Waals surface area contributed by atoms with Crippen molar-refractivity contribution < 1.29 is 4.74 Å². The molecule has 7 aromatic heterocycles. The number of hydrogen-bond donors (Lipinski definition) is 0. The molecule has 0 amide bonds. The summed E-state index contributed by atoms with van der Waals surface area (Å²) in [6.45, 7) is 0. The molecule has 9 aromatic carbocycles. The van der Waals surface area contributed by atoms with Gasteiger partial charge in [0.15, 0.2) is 11.5 Å². The second kappa shape index (κ2) is 15.8. The van der Waals surface area contributed by atoms with Crippen molar-refractivity contribution in [1.29, 1.82) is 5.26 Å². The van der Waals surface area contributed by atoms with E-state index in [2.05, 4.69) is 231 Å². The fraction of sp³-hybridized carbons (Fsp3) is 0.0141. The highest BCUT2D eigenvalue weighted by atomic mass is 16.5. The van der Waals surface area contributed by atoms with Gasteiger partial charge < -0.3 is 23.0 Å². The third-order valence-corrected chi connectivity index (χ3v) is 17.2. The SMILES string of the molecule is N#Cc1ccc2c(c1)c1ccccc1n2-c1cccc2c1Oc1c(-n3c4ccccc4c4ccncc43)cccc1C21c2cc(-n3c4ccccc4c4ccccc43)cnc2-c2ncc(-n3c4ccccc4c4ccccc43)cc21. The summed E-state index contributed by atoms with van der Waals surface area (Å²) in [5.41, 5.74) is 16.9. The lowest BCUT2D eigenvalue weighted by Gasteiger charge is -2.40. The van der Waals surface area contributed by atoms with E-state index in [0.29, 0.717) is 17.1 Å². The smallest absolute Gasteiger partial charge is 0.156 e. The second-order valence-corrected chi connectivity index (χ2v) is 21.0. The Labute approximate surface area is 456 Å². The van der Waals surface area contributed by atoms with Crippen LogP contribution in [0.1, 0.15) is 27.8 Å². The van der Waals surface area contributed by atoms with Crippen molar-refractivity contribution in [3.63, 3.8) is 0 Å². The molecule has 18 rings (SSSR count). The van der Waals surface area contributed by atoms with Crippen molar-refractivity contribution in [2.75, 3.05) is 0 Å². The van der Waals surface area contributed by atoms with E-state index in [-0.39, 0.29) is 0 Å². The molecule has 0 saturated heterocycles. The monoisotopic (exact) mass is 1020 g/mol. The number of pyridine rings is 3. The fourth-order valence-electron chi connectivity index (χ4n) is 14.1. The van der Waals surface area contributed by atoms with Crippen LogP contribution in [-0.4, -0.2) is 33.2 Å². The first-order valence-corrected chi connectivity index (χ1v) is 26.9. The molecule has 2 aliphatic rings. The molecule has 0 atom stereocenters. The van der Waals surface area contributed by atoms with Gasteiger partial charge in [-0.05, 0) is 84.9 Å². The summed E-state index contributed by atoms with van der Waals surface area (Å²) in [5.74, 6) is 1.40. The molecule has 370 valence electrons. The van der Waals surface area contributed by atoms with Crippen molar-refractivity contribution in [2.45, 2.75) is 5.41 Å². The first-order valence-electron chi connectivity index (χ1n) is 26.9. The Kier molecular flexibility index (Phi) is 8.48. The number of para-hydroxylation sites is 8. The Bertz CT molecular complexity index is 5130. The van der Waals surface area contributed by atoms with Gasteiger partial charge in [-0.25, -0.2) is 0 Å². The molecule has 0 unspecified atom stereocenters. The van der Waals surface area contributed by atoms with Crippen LogP contribution >= 0.6 is 0 Å². The van der Waals surface area contributed by atoms with E-state index in [9.17, 15) is 5.26 Å². The molecule has 9 heteroatoms. The maximum atomic E-state index is 10.2. The first-order chi connectivity index (χ1) is 39.7. The Morgan fingerprint density at radius 2 is 0.750 bits per heavy atom. The third kappa shape index (κ3) is 5.45. The van der Waals surface area contributed by atoms with Crippen LogP contribution in [0.4, 0.5) is 0 Å². The number of fused-ring (bicyclic) bond motifs is 21. The van der Waals surface area contributed by atoms with Crippen LogP contribution in [0.2, 0.25) is 0 Å². The lowest BCUT2D eigenvalue weighted by Crippen LogP contribution is -2.33. The molecule has 0 N–H and O–H groups in total. The quantitative estimate of drug-likeness (QED) is 0.175. The van der Waals surface area contributed by atoms with Gasteiger partial charge in [0.25, 0.3) is 0 Å². The minimum Gasteiger partial charge on any atom is -0.452 e. The van der Waals surface area contributed by atoms with Gasteiger partial charge in [0, 0.05) is 71.5 Å². The van der Waals surface area contributed by atoms with Gasteiger partial charge in [-0.1, -0.05) is 133 Å². The highest BCUT2D eigenvalue weighted by Gasteiger charge is 2.54. The van der Waals surface area contributed by atoms with Crippen LogP contribution < -0.4 is 4.74 Å². The van der Waals surface area contributed by atoms with E-state index in [1.807, 2.05) is 36.9 Å². The zero-order chi connectivity index (χ0) is 52.4. The van der Waals surface area contributed by atoms with Gasteiger partial charge in [0.1, 0.15) is 0 Å². The molecule has 9 nitrogen and oxygen atoms in total. The molecule has 1 spiro atoms. The summed E-state index contributed by atoms with van der Waals surface area (Å²) >= 11 is 0. The minimum absolute atomic E-state index is 0.599. The Morgan fingerprint density at radius 1 is 0.350 bits per heavy atom. The Morgan fingerprint density at radius 3 is 1.21 bits per heavy atom. The van der Waals surface area contributed by atoms with Crippen LogP contribution in [0.15, 0.2) is 243 Å². The van der Waals surface area contributed by atoms with Gasteiger partial charge in [-0.3, -0.25) is 15.0 Å². The summed E-state index contributed by atoms with van der Waals surface area (Å²) in [6, 6.07) is 80.0. The molecular formula is C71H40N8O. The normalized spacial score (nSPS) is 13.2. The highest BCUT2D eigenvalue weighted by molar-refractivity contribution is 6.13. The van der Waals surface area contributed by atoms with E-state index in [4.69, 9.17) is 19.7 Å². The number of ether oxygens (including phenoxy) is 1. The van der Waals surface area contributed by atoms with E-state index < -0.39 is 5.41 Å². The molecule has 16 aromatic rings.